The van der Waals surface area contributed by atoms with Crippen molar-refractivity contribution < 1.29 is 18.8 Å². The Morgan fingerprint density at radius 2 is 1.52 bits per heavy atom. The number of hydrogen-bond acceptors (Lipinski definition) is 5. The number of methoxy groups -OCH3 is 2. The van der Waals surface area contributed by atoms with Crippen LogP contribution < -0.4 is 13.9 Å². The summed E-state index contributed by atoms with van der Waals surface area (Å²) >= 11 is 0. The molecule has 0 aliphatic rings. The molecule has 0 heterocycles. The molecule has 1 aromatic carbocycles. The number of nitro benzene ring substituents is 1. The average Bonchev–Trinajstić information content (AvgIpc) is 2.36. The molecule has 0 fully saturated rings. The van der Waals surface area contributed by atoms with Crippen LogP contribution in [0.5, 0.6) is 17.2 Å². The fourth-order valence-electron chi connectivity index (χ4n) is 1.48. The normalized spacial score (nSPS) is 12.0. The first-order chi connectivity index (χ1) is 9.53. The molecule has 0 radical (unpaired) electrons. The van der Waals surface area contributed by atoms with Crippen LogP contribution in [0.25, 0.3) is 0 Å². The first-order valence-electron chi connectivity index (χ1n) is 6.63. The predicted octanol–water partition coefficient (Wildman–Crippen LogP) is 4.00. The topological polar surface area (TPSA) is 70.8 Å². The highest BCUT2D eigenvalue weighted by Gasteiger charge is 2.40. The number of hydrogen-bond donors (Lipinski definition) is 0. The summed E-state index contributed by atoms with van der Waals surface area (Å²) in [6, 6.07) is 2.70. The summed E-state index contributed by atoms with van der Waals surface area (Å²) in [5.74, 6) is 1.05. The number of non-ortho nitro benzene ring substituents is 1. The fraction of sp³-hybridized carbons (Fsp3) is 0.571. The Balaban J connectivity index is 3.38. The van der Waals surface area contributed by atoms with Gasteiger partial charge < -0.3 is 13.9 Å². The molecule has 0 atom stereocenters. The highest BCUT2D eigenvalue weighted by atomic mass is 28.4. The summed E-state index contributed by atoms with van der Waals surface area (Å²) in [5, 5.41) is 10.9. The van der Waals surface area contributed by atoms with Gasteiger partial charge in [0.05, 0.1) is 31.3 Å². The molecule has 7 heteroatoms. The molecule has 0 saturated heterocycles. The molecule has 0 saturated carbocycles. The first-order valence-corrected chi connectivity index (χ1v) is 9.53. The van der Waals surface area contributed by atoms with Gasteiger partial charge >= 0.3 is 0 Å². The smallest absolute Gasteiger partial charge is 0.277 e. The highest BCUT2D eigenvalue weighted by Crippen LogP contribution is 2.46. The van der Waals surface area contributed by atoms with Crippen LogP contribution >= 0.6 is 0 Å². The predicted molar refractivity (Wildman–Crippen MR) is 84.0 cm³/mol. The third-order valence-electron chi connectivity index (χ3n) is 3.82. The zero-order valence-electron chi connectivity index (χ0n) is 13.6. The lowest BCUT2D eigenvalue weighted by Gasteiger charge is -2.37. The van der Waals surface area contributed by atoms with Crippen LogP contribution in [0.2, 0.25) is 18.1 Å². The Morgan fingerprint density at radius 3 is 1.81 bits per heavy atom. The average molecular weight is 313 g/mol. The molecule has 1 aromatic rings. The Bertz CT molecular complexity index is 512. The van der Waals surface area contributed by atoms with Crippen molar-refractivity contribution in [2.24, 2.45) is 0 Å². The van der Waals surface area contributed by atoms with Gasteiger partial charge in [0, 0.05) is 0 Å². The SMILES string of the molecule is COc1cc([N+](=O)[O-])cc(OC)c1O[Si](C)(C)C(C)(C)C. The van der Waals surface area contributed by atoms with Gasteiger partial charge in [-0.2, -0.15) is 0 Å². The molecule has 118 valence electrons. The fourth-order valence-corrected chi connectivity index (χ4v) is 2.50. The maximum atomic E-state index is 11.0. The third kappa shape index (κ3) is 3.66. The van der Waals surface area contributed by atoms with Crippen LogP contribution in [0.15, 0.2) is 12.1 Å². The Labute approximate surface area is 126 Å². The van der Waals surface area contributed by atoms with Gasteiger partial charge in [-0.05, 0) is 18.1 Å². The van der Waals surface area contributed by atoms with Crippen LogP contribution in [-0.2, 0) is 0 Å². The van der Waals surface area contributed by atoms with Crippen molar-refractivity contribution in [1.82, 2.24) is 0 Å². The summed E-state index contributed by atoms with van der Waals surface area (Å²) < 4.78 is 16.7. The number of nitro groups is 1. The van der Waals surface area contributed by atoms with Crippen molar-refractivity contribution in [3.05, 3.63) is 22.2 Å². The lowest BCUT2D eigenvalue weighted by molar-refractivity contribution is -0.385. The van der Waals surface area contributed by atoms with Crippen molar-refractivity contribution >= 4 is 14.0 Å². The van der Waals surface area contributed by atoms with Gasteiger partial charge in [0.25, 0.3) is 14.0 Å². The minimum atomic E-state index is -2.12. The summed E-state index contributed by atoms with van der Waals surface area (Å²) in [5.41, 5.74) is -0.0914. The lowest BCUT2D eigenvalue weighted by atomic mass is 10.2. The molecule has 0 amide bonds. The molecule has 0 unspecified atom stereocenters. The van der Waals surface area contributed by atoms with E-state index >= 15 is 0 Å². The van der Waals surface area contributed by atoms with Crippen molar-refractivity contribution in [3.63, 3.8) is 0 Å². The second kappa shape index (κ2) is 5.93. The molecule has 0 spiro atoms. The number of rotatable bonds is 5. The summed E-state index contributed by atoms with van der Waals surface area (Å²) in [6.07, 6.45) is 0. The van der Waals surface area contributed by atoms with Gasteiger partial charge in [-0.25, -0.2) is 0 Å². The van der Waals surface area contributed by atoms with E-state index in [-0.39, 0.29) is 10.7 Å². The summed E-state index contributed by atoms with van der Waals surface area (Å²) in [7, 11) is 0.795. The van der Waals surface area contributed by atoms with Crippen LogP contribution in [0.3, 0.4) is 0 Å². The van der Waals surface area contributed by atoms with Gasteiger partial charge in [-0.3, -0.25) is 10.1 Å². The number of benzene rings is 1. The molecule has 0 N–H and O–H groups in total. The molecular weight excluding hydrogens is 290 g/mol. The lowest BCUT2D eigenvalue weighted by Crippen LogP contribution is -2.44. The molecule has 0 bridgehead atoms. The molecule has 21 heavy (non-hydrogen) atoms. The van der Waals surface area contributed by atoms with Gasteiger partial charge in [0.2, 0.25) is 0 Å². The molecule has 0 aliphatic heterocycles. The van der Waals surface area contributed by atoms with E-state index in [0.717, 1.165) is 0 Å². The van der Waals surface area contributed by atoms with E-state index in [0.29, 0.717) is 17.2 Å². The van der Waals surface area contributed by atoms with Crippen LogP contribution in [0.4, 0.5) is 5.69 Å². The van der Waals surface area contributed by atoms with E-state index in [9.17, 15) is 10.1 Å². The molecule has 1 rings (SSSR count). The van der Waals surface area contributed by atoms with E-state index < -0.39 is 13.2 Å². The van der Waals surface area contributed by atoms with Crippen LogP contribution in [0, 0.1) is 10.1 Å². The second-order valence-electron chi connectivity index (χ2n) is 6.30. The van der Waals surface area contributed by atoms with Gasteiger partial charge in [0.15, 0.2) is 17.2 Å². The monoisotopic (exact) mass is 313 g/mol. The Hall–Kier alpha value is -1.76. The third-order valence-corrected chi connectivity index (χ3v) is 8.15. The van der Waals surface area contributed by atoms with E-state index in [1.165, 1.54) is 26.4 Å². The van der Waals surface area contributed by atoms with E-state index in [4.69, 9.17) is 13.9 Å². The zero-order valence-corrected chi connectivity index (χ0v) is 14.6. The van der Waals surface area contributed by atoms with Crippen LogP contribution in [-0.4, -0.2) is 27.5 Å². The first kappa shape index (κ1) is 17.3. The minimum absolute atomic E-state index is 0.00913. The number of nitrogens with zero attached hydrogens (tertiary/aromatic N) is 1. The molecule has 0 aliphatic carbocycles. The largest absolute Gasteiger partial charge is 0.539 e. The molecule has 0 aromatic heterocycles. The second-order valence-corrected chi connectivity index (χ2v) is 11.0. The Morgan fingerprint density at radius 1 is 1.10 bits per heavy atom. The van der Waals surface area contributed by atoms with Crippen molar-refractivity contribution in [3.8, 4) is 17.2 Å². The van der Waals surface area contributed by atoms with Crippen molar-refractivity contribution in [1.29, 1.82) is 0 Å². The number of ether oxygens (including phenoxy) is 2. The van der Waals surface area contributed by atoms with E-state index in [1.54, 1.807) is 0 Å². The van der Waals surface area contributed by atoms with Crippen LogP contribution in [0.1, 0.15) is 20.8 Å². The maximum Gasteiger partial charge on any atom is 0.277 e. The van der Waals surface area contributed by atoms with E-state index in [2.05, 4.69) is 33.9 Å². The highest BCUT2D eigenvalue weighted by molar-refractivity contribution is 6.74. The molecule has 6 nitrogen and oxygen atoms in total. The van der Waals surface area contributed by atoms with Gasteiger partial charge in [-0.15, -0.1) is 0 Å². The van der Waals surface area contributed by atoms with Crippen molar-refractivity contribution in [2.75, 3.05) is 14.2 Å². The zero-order chi connectivity index (χ0) is 16.4. The summed E-state index contributed by atoms with van der Waals surface area (Å²) in [6.45, 7) is 10.5. The summed E-state index contributed by atoms with van der Waals surface area (Å²) in [4.78, 5) is 10.5. The van der Waals surface area contributed by atoms with Gasteiger partial charge in [0.1, 0.15) is 0 Å². The van der Waals surface area contributed by atoms with E-state index in [1.807, 2.05) is 0 Å². The molecular formula is C14H23NO5Si. The minimum Gasteiger partial charge on any atom is -0.539 e. The van der Waals surface area contributed by atoms with Crippen molar-refractivity contribution in [2.45, 2.75) is 38.9 Å². The Kier molecular flexibility index (Phi) is 4.88. The van der Waals surface area contributed by atoms with Gasteiger partial charge in [-0.1, -0.05) is 20.8 Å². The maximum absolute atomic E-state index is 11.0. The standard InChI is InChI=1S/C14H23NO5Si/c1-14(2,3)21(6,7)20-13-11(18-4)8-10(15(16)17)9-12(13)19-5/h8-9H,1-7H3. The quantitative estimate of drug-likeness (QED) is 0.467.